The molecule has 0 radical (unpaired) electrons. The predicted molar refractivity (Wildman–Crippen MR) is 138 cm³/mol. The number of aliphatic carboxylic acids is 1. The van der Waals surface area contributed by atoms with E-state index in [0.717, 1.165) is 0 Å². The van der Waals surface area contributed by atoms with Crippen molar-refractivity contribution in [3.63, 3.8) is 0 Å². The van der Waals surface area contributed by atoms with Gasteiger partial charge in [-0.2, -0.15) is 0 Å². The number of hydrogen-bond donors (Lipinski definition) is 3. The second kappa shape index (κ2) is 10.4. The van der Waals surface area contributed by atoms with Crippen LogP contribution in [0.1, 0.15) is 33.2 Å². The summed E-state index contributed by atoms with van der Waals surface area (Å²) in [7, 11) is -4.04. The van der Waals surface area contributed by atoms with Crippen LogP contribution in [-0.4, -0.2) is 36.6 Å². The van der Waals surface area contributed by atoms with Crippen LogP contribution in [0.5, 0.6) is 0 Å². The largest absolute Gasteiger partial charge is 0.479 e. The van der Waals surface area contributed by atoms with Crippen LogP contribution in [0.3, 0.4) is 0 Å². The molecule has 0 bridgehead atoms. The predicted octanol–water partition coefficient (Wildman–Crippen LogP) is 5.42. The molecule has 11 heteroatoms. The fourth-order valence-electron chi connectivity index (χ4n) is 4.38. The van der Waals surface area contributed by atoms with Crippen LogP contribution in [-0.2, 0) is 21.1 Å². The van der Waals surface area contributed by atoms with Crippen LogP contribution < -0.4 is 5.32 Å². The summed E-state index contributed by atoms with van der Waals surface area (Å²) in [5.74, 6) is -2.84. The third-order valence-corrected chi connectivity index (χ3v) is 9.11. The summed E-state index contributed by atoms with van der Waals surface area (Å²) in [4.78, 5) is 24.3. The molecule has 1 aliphatic carbocycles. The Labute approximate surface area is 222 Å². The quantitative estimate of drug-likeness (QED) is 0.365. The van der Waals surface area contributed by atoms with Gasteiger partial charge in [0.05, 0.1) is 25.8 Å². The second-order valence-electron chi connectivity index (χ2n) is 8.44. The third kappa shape index (κ3) is 5.23. The number of carbonyl (C=O) groups is 2. The van der Waals surface area contributed by atoms with Crippen molar-refractivity contribution in [3.05, 3.63) is 92.4 Å². The maximum absolute atomic E-state index is 13.7. The Bertz CT molecular complexity index is 1440. The molecule has 0 heterocycles. The first-order valence-electron chi connectivity index (χ1n) is 10.8. The van der Waals surface area contributed by atoms with Crippen molar-refractivity contribution in [2.75, 3.05) is 5.32 Å². The van der Waals surface area contributed by atoms with Crippen molar-refractivity contribution >= 4 is 62.2 Å². The number of amides is 1. The SMILES string of the molecule is O=C(Nc1ccc2c(c1)C(S(=O)(=O)c1cccc(Cl)c1)CC(C(O)C(=O)O)C2)c1c(Cl)cccc1Cl. The first-order valence-corrected chi connectivity index (χ1v) is 13.5. The van der Waals surface area contributed by atoms with Gasteiger partial charge in [0.15, 0.2) is 15.9 Å². The number of aliphatic hydroxyl groups is 1. The molecular formula is C25H20Cl3NO6S. The molecule has 0 aromatic heterocycles. The van der Waals surface area contributed by atoms with Crippen molar-refractivity contribution in [2.45, 2.75) is 29.1 Å². The minimum absolute atomic E-state index is 0.0336. The molecule has 3 unspecified atom stereocenters. The Morgan fingerprint density at radius 2 is 1.64 bits per heavy atom. The molecule has 188 valence electrons. The lowest BCUT2D eigenvalue weighted by atomic mass is 9.80. The van der Waals surface area contributed by atoms with Crippen molar-refractivity contribution in [1.82, 2.24) is 0 Å². The third-order valence-electron chi connectivity index (χ3n) is 6.14. The Morgan fingerprint density at radius 1 is 0.972 bits per heavy atom. The lowest BCUT2D eigenvalue weighted by Crippen LogP contribution is -2.36. The lowest BCUT2D eigenvalue weighted by molar-refractivity contribution is -0.149. The Kier molecular flexibility index (Phi) is 7.64. The number of hydrogen-bond acceptors (Lipinski definition) is 5. The number of carboxylic acid groups (broad SMARTS) is 1. The van der Waals surface area contributed by atoms with E-state index in [2.05, 4.69) is 5.32 Å². The summed E-state index contributed by atoms with van der Waals surface area (Å²) in [5, 5.41) is 21.6. The molecule has 3 N–H and O–H groups in total. The number of carboxylic acids is 1. The number of carbonyl (C=O) groups excluding carboxylic acids is 1. The Balaban J connectivity index is 1.76. The summed E-state index contributed by atoms with van der Waals surface area (Å²) in [6.07, 6.45) is -1.73. The van der Waals surface area contributed by atoms with E-state index in [1.807, 2.05) is 0 Å². The van der Waals surface area contributed by atoms with E-state index >= 15 is 0 Å². The highest BCUT2D eigenvalue weighted by molar-refractivity contribution is 7.91. The van der Waals surface area contributed by atoms with Gasteiger partial charge in [-0.15, -0.1) is 0 Å². The highest BCUT2D eigenvalue weighted by Crippen LogP contribution is 2.43. The number of nitrogens with one attached hydrogen (secondary N) is 1. The van der Waals surface area contributed by atoms with Crippen molar-refractivity contribution < 1.29 is 28.2 Å². The van der Waals surface area contributed by atoms with Gasteiger partial charge in [-0.3, -0.25) is 4.79 Å². The minimum Gasteiger partial charge on any atom is -0.479 e. The fraction of sp³-hybridized carbons (Fsp3) is 0.200. The maximum Gasteiger partial charge on any atom is 0.332 e. The van der Waals surface area contributed by atoms with E-state index in [-0.39, 0.29) is 38.4 Å². The van der Waals surface area contributed by atoms with Crippen molar-refractivity contribution in [2.24, 2.45) is 5.92 Å². The molecule has 0 saturated heterocycles. The standard InChI is InChI=1S/C25H20Cl3NO6S/c26-15-3-1-4-17(11-15)36(34,35)21-10-14(23(30)25(32)33)9-13-7-8-16(12-18(13)21)29-24(31)22-19(27)5-2-6-20(22)28/h1-8,11-12,14,21,23,30H,9-10H2,(H,29,31)(H,32,33). The normalized spacial score (nSPS) is 18.2. The fourth-order valence-corrected chi connectivity index (χ4v) is 7.14. The average molecular weight is 569 g/mol. The Morgan fingerprint density at radius 3 is 2.28 bits per heavy atom. The van der Waals surface area contributed by atoms with E-state index in [1.165, 1.54) is 36.4 Å². The molecule has 0 fully saturated rings. The minimum atomic E-state index is -4.04. The highest BCUT2D eigenvalue weighted by atomic mass is 35.5. The smallest absolute Gasteiger partial charge is 0.332 e. The number of aliphatic hydroxyl groups excluding tert-OH is 1. The van der Waals surface area contributed by atoms with Gasteiger partial charge in [-0.05, 0) is 66.4 Å². The molecule has 0 aliphatic heterocycles. The maximum atomic E-state index is 13.7. The van der Waals surface area contributed by atoms with Gasteiger partial charge in [0.25, 0.3) is 5.91 Å². The summed E-state index contributed by atoms with van der Waals surface area (Å²) < 4.78 is 27.3. The number of anilines is 1. The number of benzene rings is 3. The van der Waals surface area contributed by atoms with E-state index < -0.39 is 39.0 Å². The molecule has 7 nitrogen and oxygen atoms in total. The second-order valence-corrected chi connectivity index (χ2v) is 11.8. The molecular weight excluding hydrogens is 549 g/mol. The van der Waals surface area contributed by atoms with E-state index in [4.69, 9.17) is 34.8 Å². The molecule has 1 aliphatic rings. The van der Waals surface area contributed by atoms with Crippen molar-refractivity contribution in [3.8, 4) is 0 Å². The van der Waals surface area contributed by atoms with Gasteiger partial charge < -0.3 is 15.5 Å². The van der Waals surface area contributed by atoms with Crippen LogP contribution in [0.25, 0.3) is 0 Å². The summed E-state index contributed by atoms with van der Waals surface area (Å²) in [6, 6.07) is 15.1. The molecule has 4 rings (SSSR count). The van der Waals surface area contributed by atoms with Crippen LogP contribution in [0.15, 0.2) is 65.6 Å². The van der Waals surface area contributed by atoms with Crippen LogP contribution >= 0.6 is 34.8 Å². The highest BCUT2D eigenvalue weighted by Gasteiger charge is 2.41. The molecule has 1 amide bonds. The topological polar surface area (TPSA) is 121 Å². The van der Waals surface area contributed by atoms with E-state index in [1.54, 1.807) is 24.3 Å². The number of fused-ring (bicyclic) bond motifs is 1. The van der Waals surface area contributed by atoms with E-state index in [9.17, 15) is 28.2 Å². The molecule has 3 aromatic carbocycles. The first kappa shape index (κ1) is 26.4. The van der Waals surface area contributed by atoms with Crippen LogP contribution in [0.4, 0.5) is 5.69 Å². The van der Waals surface area contributed by atoms with E-state index in [0.29, 0.717) is 16.8 Å². The van der Waals surface area contributed by atoms with Gasteiger partial charge in [-0.1, -0.05) is 53.0 Å². The van der Waals surface area contributed by atoms with Crippen molar-refractivity contribution in [1.29, 1.82) is 0 Å². The lowest BCUT2D eigenvalue weighted by Gasteiger charge is -2.33. The molecule has 0 spiro atoms. The molecule has 3 aromatic rings. The summed E-state index contributed by atoms with van der Waals surface area (Å²) in [5.41, 5.74) is 1.33. The Hall–Kier alpha value is -2.62. The number of sulfone groups is 1. The van der Waals surface area contributed by atoms with Gasteiger partial charge in [0, 0.05) is 16.6 Å². The number of halogens is 3. The van der Waals surface area contributed by atoms with Crippen LogP contribution in [0.2, 0.25) is 15.1 Å². The zero-order valence-corrected chi connectivity index (χ0v) is 21.6. The number of rotatable bonds is 6. The molecule has 0 saturated carbocycles. The van der Waals surface area contributed by atoms with Gasteiger partial charge in [0.1, 0.15) is 0 Å². The van der Waals surface area contributed by atoms with Gasteiger partial charge >= 0.3 is 5.97 Å². The molecule has 3 atom stereocenters. The zero-order chi connectivity index (χ0) is 26.2. The van der Waals surface area contributed by atoms with Gasteiger partial charge in [0.2, 0.25) is 0 Å². The summed E-state index contributed by atoms with van der Waals surface area (Å²) in [6.45, 7) is 0. The van der Waals surface area contributed by atoms with Gasteiger partial charge in [-0.25, -0.2) is 13.2 Å². The monoisotopic (exact) mass is 567 g/mol. The van der Waals surface area contributed by atoms with Crippen LogP contribution in [0, 0.1) is 5.92 Å². The molecule has 36 heavy (non-hydrogen) atoms. The average Bonchev–Trinajstić information content (AvgIpc) is 2.82. The first-order chi connectivity index (χ1) is 17.0. The zero-order valence-electron chi connectivity index (χ0n) is 18.5. The summed E-state index contributed by atoms with van der Waals surface area (Å²) >= 11 is 18.3.